The largest absolute Gasteiger partial charge is 0.343 e. The van der Waals surface area contributed by atoms with E-state index in [9.17, 15) is 9.59 Å². The van der Waals surface area contributed by atoms with Crippen LogP contribution in [-0.4, -0.2) is 46.8 Å². The smallest absolute Gasteiger partial charge is 0.245 e. The van der Waals surface area contributed by atoms with Crippen LogP contribution in [0.2, 0.25) is 0 Å². The summed E-state index contributed by atoms with van der Waals surface area (Å²) < 4.78 is 0. The molecule has 2 unspecified atom stereocenters. The van der Waals surface area contributed by atoms with Crippen molar-refractivity contribution in [2.24, 2.45) is 0 Å². The Balaban J connectivity index is 2.62. The summed E-state index contributed by atoms with van der Waals surface area (Å²) in [7, 11) is 0. The Morgan fingerprint density at radius 1 is 1.50 bits per heavy atom. The molecule has 2 atom stereocenters. The van der Waals surface area contributed by atoms with Gasteiger partial charge in [-0.25, -0.2) is 0 Å². The third-order valence-corrected chi connectivity index (χ3v) is 3.86. The van der Waals surface area contributed by atoms with Crippen molar-refractivity contribution < 1.29 is 9.59 Å². The topological polar surface area (TPSA) is 49.4 Å². The Bertz CT molecular complexity index is 271. The summed E-state index contributed by atoms with van der Waals surface area (Å²) in [5.41, 5.74) is 0. The predicted octanol–water partition coefficient (Wildman–Crippen LogP) is 0.865. The Morgan fingerprint density at radius 3 is 2.75 bits per heavy atom. The first-order valence-electron chi connectivity index (χ1n) is 5.77. The highest BCUT2D eigenvalue weighted by Gasteiger charge is 2.33. The lowest BCUT2D eigenvalue weighted by Crippen LogP contribution is -2.60. The highest BCUT2D eigenvalue weighted by molar-refractivity contribution is 7.99. The lowest BCUT2D eigenvalue weighted by molar-refractivity contribution is -0.145. The zero-order valence-corrected chi connectivity index (χ0v) is 11.0. The monoisotopic (exact) mass is 244 g/mol. The normalized spacial score (nSPS) is 23.2. The lowest BCUT2D eigenvalue weighted by atomic mass is 10.1. The third-order valence-electron chi connectivity index (χ3n) is 2.73. The number of carbonyl (C=O) groups is 2. The van der Waals surface area contributed by atoms with Crippen LogP contribution in [0.15, 0.2) is 0 Å². The van der Waals surface area contributed by atoms with E-state index in [0.717, 1.165) is 11.5 Å². The number of nitrogens with zero attached hydrogens (tertiary/aromatic N) is 1. The van der Waals surface area contributed by atoms with E-state index < -0.39 is 0 Å². The van der Waals surface area contributed by atoms with Gasteiger partial charge in [-0.15, -0.1) is 0 Å². The van der Waals surface area contributed by atoms with Gasteiger partial charge in [0.2, 0.25) is 11.8 Å². The maximum atomic E-state index is 12.0. The second-order valence-electron chi connectivity index (χ2n) is 4.00. The number of nitrogens with one attached hydrogen (secondary N) is 1. The van der Waals surface area contributed by atoms with Gasteiger partial charge in [0.25, 0.3) is 0 Å². The second-order valence-corrected chi connectivity index (χ2v) is 5.32. The number of carbonyl (C=O) groups excluding carboxylic acids is 2. The van der Waals surface area contributed by atoms with E-state index in [2.05, 4.69) is 12.2 Å². The summed E-state index contributed by atoms with van der Waals surface area (Å²) >= 11 is 1.80. The summed E-state index contributed by atoms with van der Waals surface area (Å²) in [6.07, 6.45) is 0.661. The standard InChI is InChI=1S/C11H20N2O2S/c1-4-9-11(15)13(6-10(14)12-9)8(3)7-16-5-2/h8-9H,4-7H2,1-3H3,(H,12,14). The van der Waals surface area contributed by atoms with Gasteiger partial charge in [0.15, 0.2) is 0 Å². The quantitative estimate of drug-likeness (QED) is 0.780. The third kappa shape index (κ3) is 3.14. The first kappa shape index (κ1) is 13.4. The SMILES string of the molecule is CCSCC(C)N1CC(=O)NC(CC)C1=O. The molecule has 1 rings (SSSR count). The fraction of sp³-hybridized carbons (Fsp3) is 0.818. The molecule has 16 heavy (non-hydrogen) atoms. The van der Waals surface area contributed by atoms with Crippen LogP contribution in [0, 0.1) is 0 Å². The van der Waals surface area contributed by atoms with Crippen LogP contribution in [0.25, 0.3) is 0 Å². The molecule has 1 fully saturated rings. The van der Waals surface area contributed by atoms with Gasteiger partial charge < -0.3 is 10.2 Å². The molecule has 0 aromatic carbocycles. The molecule has 0 bridgehead atoms. The Morgan fingerprint density at radius 2 is 2.19 bits per heavy atom. The second kappa shape index (κ2) is 6.13. The molecule has 1 aliphatic heterocycles. The number of piperazine rings is 1. The molecule has 2 amide bonds. The Labute approximate surface area is 101 Å². The van der Waals surface area contributed by atoms with Gasteiger partial charge in [-0.2, -0.15) is 11.8 Å². The van der Waals surface area contributed by atoms with Crippen molar-refractivity contribution in [2.75, 3.05) is 18.1 Å². The molecule has 1 heterocycles. The van der Waals surface area contributed by atoms with Gasteiger partial charge >= 0.3 is 0 Å². The van der Waals surface area contributed by atoms with Crippen molar-refractivity contribution in [3.63, 3.8) is 0 Å². The van der Waals surface area contributed by atoms with Crippen LogP contribution >= 0.6 is 11.8 Å². The van der Waals surface area contributed by atoms with Crippen LogP contribution in [0.5, 0.6) is 0 Å². The fourth-order valence-corrected chi connectivity index (χ4v) is 2.52. The number of amides is 2. The summed E-state index contributed by atoms with van der Waals surface area (Å²) in [6, 6.07) is -0.187. The average molecular weight is 244 g/mol. The molecule has 0 saturated carbocycles. The lowest BCUT2D eigenvalue weighted by Gasteiger charge is -2.36. The van der Waals surface area contributed by atoms with Crippen LogP contribution in [0.3, 0.4) is 0 Å². The number of hydrogen-bond acceptors (Lipinski definition) is 3. The van der Waals surface area contributed by atoms with E-state index in [-0.39, 0.29) is 30.4 Å². The minimum atomic E-state index is -0.324. The van der Waals surface area contributed by atoms with Crippen molar-refractivity contribution in [1.82, 2.24) is 10.2 Å². The molecule has 0 aromatic rings. The number of hydrogen-bond donors (Lipinski definition) is 1. The molecular formula is C11H20N2O2S. The average Bonchev–Trinajstić information content (AvgIpc) is 2.28. The fourth-order valence-electron chi connectivity index (χ4n) is 1.76. The van der Waals surface area contributed by atoms with Gasteiger partial charge in [0, 0.05) is 11.8 Å². The minimum Gasteiger partial charge on any atom is -0.343 e. The first-order valence-corrected chi connectivity index (χ1v) is 6.93. The van der Waals surface area contributed by atoms with Crippen LogP contribution in [0.1, 0.15) is 27.2 Å². The highest BCUT2D eigenvalue weighted by atomic mass is 32.2. The van der Waals surface area contributed by atoms with Gasteiger partial charge in [-0.05, 0) is 19.1 Å². The molecule has 0 radical (unpaired) electrons. The van der Waals surface area contributed by atoms with Gasteiger partial charge in [-0.1, -0.05) is 13.8 Å². The Hall–Kier alpha value is -0.710. The molecule has 0 aliphatic carbocycles. The number of thioether (sulfide) groups is 1. The molecule has 1 N–H and O–H groups in total. The summed E-state index contributed by atoms with van der Waals surface area (Å²) in [4.78, 5) is 25.2. The molecule has 0 spiro atoms. The predicted molar refractivity (Wildman–Crippen MR) is 66.4 cm³/mol. The summed E-state index contributed by atoms with van der Waals surface area (Å²) in [6.45, 7) is 6.22. The molecule has 5 heteroatoms. The molecule has 4 nitrogen and oxygen atoms in total. The van der Waals surface area contributed by atoms with Crippen molar-refractivity contribution in [3.05, 3.63) is 0 Å². The highest BCUT2D eigenvalue weighted by Crippen LogP contribution is 2.13. The van der Waals surface area contributed by atoms with Crippen LogP contribution < -0.4 is 5.32 Å². The zero-order valence-electron chi connectivity index (χ0n) is 10.2. The van der Waals surface area contributed by atoms with E-state index >= 15 is 0 Å². The molecule has 1 saturated heterocycles. The van der Waals surface area contributed by atoms with Crippen molar-refractivity contribution in [1.29, 1.82) is 0 Å². The van der Waals surface area contributed by atoms with Gasteiger partial charge in [-0.3, -0.25) is 9.59 Å². The van der Waals surface area contributed by atoms with E-state index in [0.29, 0.717) is 6.42 Å². The van der Waals surface area contributed by atoms with Crippen molar-refractivity contribution in [2.45, 2.75) is 39.3 Å². The van der Waals surface area contributed by atoms with Crippen molar-refractivity contribution >= 4 is 23.6 Å². The van der Waals surface area contributed by atoms with E-state index in [1.54, 1.807) is 16.7 Å². The van der Waals surface area contributed by atoms with Gasteiger partial charge in [0.05, 0.1) is 6.54 Å². The molecular weight excluding hydrogens is 224 g/mol. The number of rotatable bonds is 5. The molecule has 1 aliphatic rings. The van der Waals surface area contributed by atoms with Crippen molar-refractivity contribution in [3.8, 4) is 0 Å². The van der Waals surface area contributed by atoms with E-state index in [1.807, 2.05) is 13.8 Å². The minimum absolute atomic E-state index is 0.0419. The van der Waals surface area contributed by atoms with Crippen LogP contribution in [-0.2, 0) is 9.59 Å². The first-order chi connectivity index (χ1) is 7.60. The zero-order chi connectivity index (χ0) is 12.1. The summed E-state index contributed by atoms with van der Waals surface area (Å²) in [5, 5.41) is 2.72. The maximum Gasteiger partial charge on any atom is 0.245 e. The molecule has 92 valence electrons. The van der Waals surface area contributed by atoms with E-state index in [1.165, 1.54) is 0 Å². The molecule has 0 aromatic heterocycles. The van der Waals surface area contributed by atoms with Crippen LogP contribution in [0.4, 0.5) is 0 Å². The van der Waals surface area contributed by atoms with Gasteiger partial charge in [0.1, 0.15) is 6.04 Å². The Kier molecular flexibility index (Phi) is 5.12. The maximum absolute atomic E-state index is 12.0. The van der Waals surface area contributed by atoms with E-state index in [4.69, 9.17) is 0 Å². The summed E-state index contributed by atoms with van der Waals surface area (Å²) in [5.74, 6) is 1.95.